The molecule has 1 heterocycles. The maximum absolute atomic E-state index is 11.9. The molecule has 1 saturated heterocycles. The van der Waals surface area contributed by atoms with Gasteiger partial charge in [0.25, 0.3) is 0 Å². The van der Waals surface area contributed by atoms with Crippen LogP contribution >= 0.6 is 0 Å². The molecule has 1 amide bonds. The molecule has 1 aromatic rings. The first-order chi connectivity index (χ1) is 9.69. The summed E-state index contributed by atoms with van der Waals surface area (Å²) >= 11 is 0. The van der Waals surface area contributed by atoms with E-state index in [4.69, 9.17) is 9.47 Å². The number of rotatable bonds is 6. The Balaban J connectivity index is 1.82. The largest absolute Gasteiger partial charge is 0.491 e. The number of benzene rings is 1. The number of ether oxygens (including phenoxy) is 2. The van der Waals surface area contributed by atoms with Crippen molar-refractivity contribution >= 4 is 11.6 Å². The molecule has 2 rings (SSSR count). The van der Waals surface area contributed by atoms with E-state index in [1.54, 1.807) is 31.4 Å². The van der Waals surface area contributed by atoms with Gasteiger partial charge < -0.3 is 25.2 Å². The predicted molar refractivity (Wildman–Crippen MR) is 74.9 cm³/mol. The fourth-order valence-corrected chi connectivity index (χ4v) is 2.02. The van der Waals surface area contributed by atoms with E-state index in [9.17, 15) is 9.90 Å². The van der Waals surface area contributed by atoms with Crippen LogP contribution in [-0.4, -0.2) is 50.0 Å². The third-order valence-corrected chi connectivity index (χ3v) is 3.10. The highest BCUT2D eigenvalue weighted by atomic mass is 16.5. The maximum atomic E-state index is 11.9. The number of methoxy groups -OCH3 is 1. The van der Waals surface area contributed by atoms with Crippen molar-refractivity contribution in [3.63, 3.8) is 0 Å². The standard InChI is InChI=1S/C14H20N2O4/c1-19-6-7-20-12-4-2-10(3-5-12)16-14(18)13-8-11(17)9-15-13/h2-5,11,13,15,17H,6-9H2,1H3,(H,16,18). The smallest absolute Gasteiger partial charge is 0.241 e. The van der Waals surface area contributed by atoms with E-state index in [-0.39, 0.29) is 11.9 Å². The van der Waals surface area contributed by atoms with E-state index in [2.05, 4.69) is 10.6 Å². The molecule has 0 radical (unpaired) electrons. The number of β-amino-alcohol motifs (C(OH)–C–C–N with tert-alkyl or cyclic N) is 1. The second kappa shape index (κ2) is 7.23. The second-order valence-electron chi connectivity index (χ2n) is 4.71. The molecule has 6 nitrogen and oxygen atoms in total. The van der Waals surface area contributed by atoms with Crippen LogP contribution in [0.5, 0.6) is 5.75 Å². The zero-order chi connectivity index (χ0) is 14.4. The van der Waals surface area contributed by atoms with Gasteiger partial charge in [0.1, 0.15) is 12.4 Å². The summed E-state index contributed by atoms with van der Waals surface area (Å²) in [5.41, 5.74) is 0.706. The summed E-state index contributed by atoms with van der Waals surface area (Å²) in [5, 5.41) is 15.2. The van der Waals surface area contributed by atoms with Crippen LogP contribution in [0.1, 0.15) is 6.42 Å². The van der Waals surface area contributed by atoms with Crippen molar-refractivity contribution in [2.45, 2.75) is 18.6 Å². The third-order valence-electron chi connectivity index (χ3n) is 3.10. The van der Waals surface area contributed by atoms with Crippen LogP contribution in [0.25, 0.3) is 0 Å². The van der Waals surface area contributed by atoms with E-state index in [1.165, 1.54) is 0 Å². The van der Waals surface area contributed by atoms with Crippen molar-refractivity contribution in [3.05, 3.63) is 24.3 Å². The molecular weight excluding hydrogens is 260 g/mol. The van der Waals surface area contributed by atoms with E-state index < -0.39 is 6.10 Å². The van der Waals surface area contributed by atoms with Crippen molar-refractivity contribution in [1.82, 2.24) is 5.32 Å². The molecule has 1 fully saturated rings. The first-order valence-electron chi connectivity index (χ1n) is 6.63. The van der Waals surface area contributed by atoms with Gasteiger partial charge in [-0.3, -0.25) is 4.79 Å². The minimum atomic E-state index is -0.442. The average molecular weight is 280 g/mol. The van der Waals surface area contributed by atoms with Gasteiger partial charge >= 0.3 is 0 Å². The van der Waals surface area contributed by atoms with Gasteiger partial charge in [-0.05, 0) is 30.7 Å². The number of hydrogen-bond donors (Lipinski definition) is 3. The van der Waals surface area contributed by atoms with Crippen LogP contribution in [-0.2, 0) is 9.53 Å². The quantitative estimate of drug-likeness (QED) is 0.656. The van der Waals surface area contributed by atoms with Gasteiger partial charge in [0.2, 0.25) is 5.91 Å². The monoisotopic (exact) mass is 280 g/mol. The Morgan fingerprint density at radius 1 is 1.40 bits per heavy atom. The lowest BCUT2D eigenvalue weighted by Gasteiger charge is -2.11. The molecule has 0 aliphatic carbocycles. The Kier molecular flexibility index (Phi) is 5.34. The van der Waals surface area contributed by atoms with E-state index in [1.807, 2.05) is 0 Å². The van der Waals surface area contributed by atoms with Crippen LogP contribution in [0.2, 0.25) is 0 Å². The van der Waals surface area contributed by atoms with E-state index in [0.29, 0.717) is 31.9 Å². The maximum Gasteiger partial charge on any atom is 0.241 e. The normalized spacial score (nSPS) is 21.7. The van der Waals surface area contributed by atoms with Gasteiger partial charge in [-0.25, -0.2) is 0 Å². The fourth-order valence-electron chi connectivity index (χ4n) is 2.02. The van der Waals surface area contributed by atoms with Crippen LogP contribution < -0.4 is 15.4 Å². The lowest BCUT2D eigenvalue weighted by Crippen LogP contribution is -2.35. The summed E-state index contributed by atoms with van der Waals surface area (Å²) in [6, 6.07) is 6.82. The molecular formula is C14H20N2O4. The first kappa shape index (κ1) is 14.8. The predicted octanol–water partition coefficient (Wildman–Crippen LogP) is 0.373. The first-order valence-corrected chi connectivity index (χ1v) is 6.63. The molecule has 2 unspecified atom stereocenters. The van der Waals surface area contributed by atoms with Gasteiger partial charge in [-0.1, -0.05) is 0 Å². The minimum Gasteiger partial charge on any atom is -0.491 e. The zero-order valence-corrected chi connectivity index (χ0v) is 11.5. The van der Waals surface area contributed by atoms with Gasteiger partial charge in [-0.2, -0.15) is 0 Å². The summed E-state index contributed by atoms with van der Waals surface area (Å²) in [6.45, 7) is 1.49. The fraction of sp³-hybridized carbons (Fsp3) is 0.500. The van der Waals surface area contributed by atoms with Crippen LogP contribution in [0.15, 0.2) is 24.3 Å². The summed E-state index contributed by atoms with van der Waals surface area (Å²) in [5.74, 6) is 0.601. The highest BCUT2D eigenvalue weighted by Crippen LogP contribution is 2.17. The van der Waals surface area contributed by atoms with Crippen molar-refractivity contribution in [1.29, 1.82) is 0 Å². The topological polar surface area (TPSA) is 79.8 Å². The number of carbonyl (C=O) groups is 1. The van der Waals surface area contributed by atoms with Gasteiger partial charge in [-0.15, -0.1) is 0 Å². The molecule has 3 N–H and O–H groups in total. The lowest BCUT2D eigenvalue weighted by atomic mass is 10.2. The summed E-state index contributed by atoms with van der Waals surface area (Å²) < 4.78 is 10.3. The van der Waals surface area contributed by atoms with Gasteiger partial charge in [0.15, 0.2) is 0 Å². The molecule has 1 aromatic carbocycles. The summed E-state index contributed by atoms with van der Waals surface area (Å²) in [6.07, 6.45) is 0.00615. The van der Waals surface area contributed by atoms with Crippen molar-refractivity contribution in [2.75, 3.05) is 32.2 Å². The minimum absolute atomic E-state index is 0.130. The SMILES string of the molecule is COCCOc1ccc(NC(=O)C2CC(O)CN2)cc1. The van der Waals surface area contributed by atoms with Gasteiger partial charge in [0.05, 0.1) is 18.8 Å². The van der Waals surface area contributed by atoms with E-state index >= 15 is 0 Å². The van der Waals surface area contributed by atoms with E-state index in [0.717, 1.165) is 5.75 Å². The van der Waals surface area contributed by atoms with Gasteiger partial charge in [0, 0.05) is 19.3 Å². The molecule has 0 spiro atoms. The van der Waals surface area contributed by atoms with Crippen LogP contribution in [0.3, 0.4) is 0 Å². The number of nitrogens with one attached hydrogen (secondary N) is 2. The molecule has 0 aromatic heterocycles. The molecule has 110 valence electrons. The lowest BCUT2D eigenvalue weighted by molar-refractivity contribution is -0.117. The number of aliphatic hydroxyl groups excluding tert-OH is 1. The Morgan fingerprint density at radius 2 is 2.15 bits per heavy atom. The van der Waals surface area contributed by atoms with Crippen molar-refractivity contribution < 1.29 is 19.4 Å². The van der Waals surface area contributed by atoms with Crippen molar-refractivity contribution in [3.8, 4) is 5.75 Å². The Hall–Kier alpha value is -1.63. The van der Waals surface area contributed by atoms with Crippen molar-refractivity contribution in [2.24, 2.45) is 0 Å². The molecule has 6 heteroatoms. The van der Waals surface area contributed by atoms with Crippen LogP contribution in [0, 0.1) is 0 Å². The second-order valence-corrected chi connectivity index (χ2v) is 4.71. The number of aliphatic hydroxyl groups is 1. The molecule has 0 saturated carbocycles. The molecule has 1 aliphatic heterocycles. The Bertz CT molecular complexity index is 435. The molecule has 0 bridgehead atoms. The Morgan fingerprint density at radius 3 is 2.75 bits per heavy atom. The Labute approximate surface area is 118 Å². The molecule has 1 aliphatic rings. The number of anilines is 1. The average Bonchev–Trinajstić information content (AvgIpc) is 2.88. The highest BCUT2D eigenvalue weighted by molar-refractivity contribution is 5.95. The molecule has 2 atom stereocenters. The highest BCUT2D eigenvalue weighted by Gasteiger charge is 2.27. The van der Waals surface area contributed by atoms with Crippen LogP contribution in [0.4, 0.5) is 5.69 Å². The summed E-state index contributed by atoms with van der Waals surface area (Å²) in [7, 11) is 1.62. The number of carbonyl (C=O) groups excluding carboxylic acids is 1. The number of amides is 1. The molecule has 20 heavy (non-hydrogen) atoms. The summed E-state index contributed by atoms with van der Waals surface area (Å²) in [4.78, 5) is 11.9. The zero-order valence-electron chi connectivity index (χ0n) is 11.5. The number of hydrogen-bond acceptors (Lipinski definition) is 5. The third kappa shape index (κ3) is 4.19.